The first kappa shape index (κ1) is 17.4. The van der Waals surface area contributed by atoms with E-state index in [0.29, 0.717) is 5.69 Å². The molecule has 0 spiro atoms. The van der Waals surface area contributed by atoms with E-state index in [-0.39, 0.29) is 6.54 Å². The number of carbonyl (C=O) groups is 3. The zero-order valence-corrected chi connectivity index (χ0v) is 14.0. The predicted octanol–water partition coefficient (Wildman–Crippen LogP) is 3.42. The summed E-state index contributed by atoms with van der Waals surface area (Å²) >= 11 is 0. The Morgan fingerprint density at radius 2 is 1.46 bits per heavy atom. The number of fused-ring (bicyclic) bond motifs is 1. The molecule has 0 atom stereocenters. The summed E-state index contributed by atoms with van der Waals surface area (Å²) in [4.78, 5) is 36.3. The average Bonchev–Trinajstić information content (AvgIpc) is 2.66. The van der Waals surface area contributed by atoms with Crippen LogP contribution in [0.5, 0.6) is 0 Å². The number of ketones is 1. The van der Waals surface area contributed by atoms with Crippen LogP contribution in [-0.4, -0.2) is 22.8 Å². The maximum Gasteiger partial charge on any atom is 0.372 e. The van der Waals surface area contributed by atoms with E-state index in [0.717, 1.165) is 16.3 Å². The topological polar surface area (TPSA) is 74.7 Å². The largest absolute Gasteiger partial charge is 0.475 e. The lowest BCUT2D eigenvalue weighted by molar-refractivity contribution is -0.150. The van der Waals surface area contributed by atoms with Gasteiger partial charge in [-0.2, -0.15) is 0 Å². The third-order valence-electron chi connectivity index (χ3n) is 4.07. The van der Waals surface area contributed by atoms with Gasteiger partial charge in [-0.3, -0.25) is 9.59 Å². The zero-order valence-electron chi connectivity index (χ0n) is 14.0. The first-order valence-electron chi connectivity index (χ1n) is 8.14. The SMILES string of the molecule is O=C(O)C(=O)CC(=O)N(Cc1ccc2ccccc2c1)c1ccccc1. The fourth-order valence-electron chi connectivity index (χ4n) is 2.76. The molecule has 130 valence electrons. The summed E-state index contributed by atoms with van der Waals surface area (Å²) in [6.45, 7) is 0.251. The molecule has 0 aliphatic carbocycles. The molecule has 0 unspecified atom stereocenters. The number of Topliss-reactive ketones (excluding diaryl/α,β-unsaturated/α-hetero) is 1. The number of anilines is 1. The second kappa shape index (κ2) is 7.61. The van der Waals surface area contributed by atoms with Gasteiger partial charge in [-0.25, -0.2) is 4.79 Å². The first-order chi connectivity index (χ1) is 12.5. The summed E-state index contributed by atoms with van der Waals surface area (Å²) in [6.07, 6.45) is -0.669. The van der Waals surface area contributed by atoms with Gasteiger partial charge in [-0.15, -0.1) is 0 Å². The molecule has 1 amide bonds. The van der Waals surface area contributed by atoms with E-state index in [2.05, 4.69) is 0 Å². The number of hydrogen-bond acceptors (Lipinski definition) is 3. The van der Waals surface area contributed by atoms with Gasteiger partial charge in [0.2, 0.25) is 11.7 Å². The van der Waals surface area contributed by atoms with E-state index in [1.807, 2.05) is 48.5 Å². The van der Waals surface area contributed by atoms with Gasteiger partial charge in [0.05, 0.1) is 13.0 Å². The molecule has 3 aromatic rings. The summed E-state index contributed by atoms with van der Waals surface area (Å²) in [6, 6.07) is 22.7. The number of carboxylic acids is 1. The van der Waals surface area contributed by atoms with Gasteiger partial charge in [0.25, 0.3) is 0 Å². The van der Waals surface area contributed by atoms with E-state index in [1.54, 1.807) is 24.3 Å². The van der Waals surface area contributed by atoms with Crippen molar-refractivity contribution in [3.63, 3.8) is 0 Å². The summed E-state index contributed by atoms with van der Waals surface area (Å²) in [5.41, 5.74) is 1.51. The highest BCUT2D eigenvalue weighted by molar-refractivity contribution is 6.36. The minimum absolute atomic E-state index is 0.251. The lowest BCUT2D eigenvalue weighted by Gasteiger charge is -2.23. The molecule has 0 saturated carbocycles. The lowest BCUT2D eigenvalue weighted by Crippen LogP contribution is -2.33. The standard InChI is InChI=1S/C21H17NO4/c23-19(21(25)26)13-20(24)22(18-8-2-1-3-9-18)14-15-10-11-16-6-4-5-7-17(16)12-15/h1-12H,13-14H2,(H,25,26). The normalized spacial score (nSPS) is 10.5. The van der Waals surface area contributed by atoms with Crippen molar-refractivity contribution >= 4 is 34.1 Å². The van der Waals surface area contributed by atoms with Crippen molar-refractivity contribution in [1.82, 2.24) is 0 Å². The molecule has 0 aromatic heterocycles. The van der Waals surface area contributed by atoms with Gasteiger partial charge >= 0.3 is 5.97 Å². The minimum atomic E-state index is -1.60. The molecule has 0 fully saturated rings. The number of benzene rings is 3. The van der Waals surface area contributed by atoms with Crippen LogP contribution in [0.3, 0.4) is 0 Å². The third-order valence-corrected chi connectivity index (χ3v) is 4.07. The number of hydrogen-bond donors (Lipinski definition) is 1. The van der Waals surface area contributed by atoms with E-state index in [1.165, 1.54) is 4.90 Å². The second-order valence-electron chi connectivity index (χ2n) is 5.90. The van der Waals surface area contributed by atoms with Gasteiger partial charge in [0.1, 0.15) is 0 Å². The quantitative estimate of drug-likeness (QED) is 0.548. The molecular formula is C21H17NO4. The second-order valence-corrected chi connectivity index (χ2v) is 5.90. The molecule has 0 bridgehead atoms. The molecule has 0 heterocycles. The molecule has 0 aliphatic heterocycles. The minimum Gasteiger partial charge on any atom is -0.475 e. The number of rotatable bonds is 6. The van der Waals surface area contributed by atoms with Crippen LogP contribution in [0.1, 0.15) is 12.0 Å². The molecule has 3 aromatic carbocycles. The number of para-hydroxylation sites is 1. The summed E-state index contributed by atoms with van der Waals surface area (Å²) < 4.78 is 0. The van der Waals surface area contributed by atoms with Crippen molar-refractivity contribution in [2.24, 2.45) is 0 Å². The lowest BCUT2D eigenvalue weighted by atomic mass is 10.1. The van der Waals surface area contributed by atoms with E-state index in [9.17, 15) is 14.4 Å². The van der Waals surface area contributed by atoms with E-state index in [4.69, 9.17) is 5.11 Å². The smallest absolute Gasteiger partial charge is 0.372 e. The van der Waals surface area contributed by atoms with Crippen LogP contribution < -0.4 is 4.90 Å². The summed E-state index contributed by atoms with van der Waals surface area (Å²) in [5.74, 6) is -3.26. The average molecular weight is 347 g/mol. The zero-order chi connectivity index (χ0) is 18.5. The van der Waals surface area contributed by atoms with Crippen molar-refractivity contribution in [2.45, 2.75) is 13.0 Å². The van der Waals surface area contributed by atoms with Gasteiger partial charge < -0.3 is 10.0 Å². The Kier molecular flexibility index (Phi) is 5.08. The van der Waals surface area contributed by atoms with Crippen LogP contribution in [0.4, 0.5) is 5.69 Å². The van der Waals surface area contributed by atoms with Crippen LogP contribution in [0.2, 0.25) is 0 Å². The Bertz CT molecular complexity index is 966. The molecule has 0 saturated heterocycles. The fourth-order valence-corrected chi connectivity index (χ4v) is 2.76. The van der Waals surface area contributed by atoms with Crippen molar-refractivity contribution in [3.8, 4) is 0 Å². The van der Waals surface area contributed by atoms with Gasteiger partial charge in [0, 0.05) is 5.69 Å². The molecule has 0 aliphatic rings. The van der Waals surface area contributed by atoms with Crippen LogP contribution in [0.25, 0.3) is 10.8 Å². The van der Waals surface area contributed by atoms with Crippen LogP contribution in [0.15, 0.2) is 72.8 Å². The third kappa shape index (κ3) is 3.95. The Hall–Kier alpha value is -3.47. The summed E-state index contributed by atoms with van der Waals surface area (Å²) in [5, 5.41) is 10.9. The van der Waals surface area contributed by atoms with Crippen molar-refractivity contribution in [2.75, 3.05) is 4.90 Å². The highest BCUT2D eigenvalue weighted by atomic mass is 16.4. The van der Waals surface area contributed by atoms with Crippen LogP contribution in [-0.2, 0) is 20.9 Å². The van der Waals surface area contributed by atoms with Gasteiger partial charge in [-0.05, 0) is 34.5 Å². The maximum atomic E-state index is 12.6. The molecule has 26 heavy (non-hydrogen) atoms. The molecule has 0 radical (unpaired) electrons. The number of carboxylic acid groups (broad SMARTS) is 1. The fraction of sp³-hybridized carbons (Fsp3) is 0.0952. The monoisotopic (exact) mass is 347 g/mol. The number of amides is 1. The van der Waals surface area contributed by atoms with Gasteiger partial charge in [0.15, 0.2) is 0 Å². The summed E-state index contributed by atoms with van der Waals surface area (Å²) in [7, 11) is 0. The number of aliphatic carboxylic acids is 1. The molecule has 5 nitrogen and oxygen atoms in total. The molecule has 5 heteroatoms. The molecule has 3 rings (SSSR count). The number of carbonyl (C=O) groups excluding carboxylic acids is 2. The van der Waals surface area contributed by atoms with Crippen molar-refractivity contribution in [3.05, 3.63) is 78.4 Å². The Morgan fingerprint density at radius 3 is 2.15 bits per heavy atom. The first-order valence-corrected chi connectivity index (χ1v) is 8.14. The molecule has 1 N–H and O–H groups in total. The van der Waals surface area contributed by atoms with Crippen LogP contribution in [0, 0.1) is 0 Å². The predicted molar refractivity (Wildman–Crippen MR) is 98.8 cm³/mol. The van der Waals surface area contributed by atoms with Gasteiger partial charge in [-0.1, -0.05) is 54.6 Å². The number of nitrogens with zero attached hydrogens (tertiary/aromatic N) is 1. The van der Waals surface area contributed by atoms with E-state index < -0.39 is 24.1 Å². The molecular weight excluding hydrogens is 330 g/mol. The highest BCUT2D eigenvalue weighted by Gasteiger charge is 2.23. The van der Waals surface area contributed by atoms with E-state index >= 15 is 0 Å². The van der Waals surface area contributed by atoms with Crippen molar-refractivity contribution in [1.29, 1.82) is 0 Å². The Balaban J connectivity index is 1.90. The Morgan fingerprint density at radius 1 is 0.808 bits per heavy atom. The highest BCUT2D eigenvalue weighted by Crippen LogP contribution is 2.21. The van der Waals surface area contributed by atoms with Crippen LogP contribution >= 0.6 is 0 Å². The Labute approximate surface area is 150 Å². The van der Waals surface area contributed by atoms with Crippen molar-refractivity contribution < 1.29 is 19.5 Å². The maximum absolute atomic E-state index is 12.6.